The van der Waals surface area contributed by atoms with Crippen molar-refractivity contribution in [3.63, 3.8) is 0 Å². The van der Waals surface area contributed by atoms with Crippen LogP contribution >= 0.6 is 0 Å². The van der Waals surface area contributed by atoms with Gasteiger partial charge in [-0.05, 0) is 19.4 Å². The summed E-state index contributed by atoms with van der Waals surface area (Å²) in [6.07, 6.45) is 0. The van der Waals surface area contributed by atoms with E-state index in [0.29, 0.717) is 11.3 Å². The lowest BCUT2D eigenvalue weighted by atomic mass is 10.1. The van der Waals surface area contributed by atoms with Gasteiger partial charge in [0.15, 0.2) is 0 Å². The predicted molar refractivity (Wildman–Crippen MR) is 53.3 cm³/mol. The Kier molecular flexibility index (Phi) is 2.85. The van der Waals surface area contributed by atoms with Crippen LogP contribution in [0.1, 0.15) is 24.2 Å². The van der Waals surface area contributed by atoms with Crippen LogP contribution < -0.4 is 5.73 Å². The van der Waals surface area contributed by atoms with Crippen LogP contribution in [-0.2, 0) is 0 Å². The van der Waals surface area contributed by atoms with Crippen LogP contribution in [0.4, 0.5) is 0 Å². The SMILES string of the molecule is CC(C)=C(N)C(=O)c1ccccc1. The molecule has 0 saturated heterocycles. The Morgan fingerprint density at radius 3 is 2.15 bits per heavy atom. The average Bonchev–Trinajstić information content (AvgIpc) is 2.17. The van der Waals surface area contributed by atoms with E-state index < -0.39 is 0 Å². The van der Waals surface area contributed by atoms with E-state index in [2.05, 4.69) is 0 Å². The second-order valence-electron chi connectivity index (χ2n) is 3.11. The number of rotatable bonds is 2. The second-order valence-corrected chi connectivity index (χ2v) is 3.11. The smallest absolute Gasteiger partial charge is 0.208 e. The Hall–Kier alpha value is -1.57. The van der Waals surface area contributed by atoms with Crippen LogP contribution in [0.3, 0.4) is 0 Å². The van der Waals surface area contributed by atoms with Gasteiger partial charge in [-0.25, -0.2) is 0 Å². The maximum absolute atomic E-state index is 11.6. The molecule has 68 valence electrons. The van der Waals surface area contributed by atoms with Gasteiger partial charge >= 0.3 is 0 Å². The summed E-state index contributed by atoms with van der Waals surface area (Å²) >= 11 is 0. The zero-order chi connectivity index (χ0) is 9.84. The monoisotopic (exact) mass is 175 g/mol. The fourth-order valence-electron chi connectivity index (χ4n) is 0.972. The summed E-state index contributed by atoms with van der Waals surface area (Å²) in [4.78, 5) is 11.6. The molecule has 0 aliphatic heterocycles. The van der Waals surface area contributed by atoms with Crippen LogP contribution in [0.15, 0.2) is 41.6 Å². The molecule has 0 radical (unpaired) electrons. The quantitative estimate of drug-likeness (QED) is 0.552. The summed E-state index contributed by atoms with van der Waals surface area (Å²) < 4.78 is 0. The molecular weight excluding hydrogens is 162 g/mol. The van der Waals surface area contributed by atoms with Gasteiger partial charge in [-0.1, -0.05) is 30.3 Å². The van der Waals surface area contributed by atoms with Gasteiger partial charge in [-0.2, -0.15) is 0 Å². The van der Waals surface area contributed by atoms with E-state index in [4.69, 9.17) is 5.73 Å². The molecule has 1 rings (SSSR count). The number of hydrogen-bond donors (Lipinski definition) is 1. The van der Waals surface area contributed by atoms with E-state index in [-0.39, 0.29) is 5.78 Å². The molecule has 2 N–H and O–H groups in total. The van der Waals surface area contributed by atoms with Crippen LogP contribution in [0.2, 0.25) is 0 Å². The topological polar surface area (TPSA) is 43.1 Å². The van der Waals surface area contributed by atoms with Crippen LogP contribution in [-0.4, -0.2) is 5.78 Å². The minimum Gasteiger partial charge on any atom is -0.396 e. The first kappa shape index (κ1) is 9.52. The molecule has 0 amide bonds. The summed E-state index contributed by atoms with van der Waals surface area (Å²) in [6, 6.07) is 9.04. The summed E-state index contributed by atoms with van der Waals surface area (Å²) in [5.41, 5.74) is 7.46. The summed E-state index contributed by atoms with van der Waals surface area (Å²) in [5, 5.41) is 0. The molecule has 0 fully saturated rings. The van der Waals surface area contributed by atoms with Crippen LogP contribution in [0.25, 0.3) is 0 Å². The average molecular weight is 175 g/mol. The van der Waals surface area contributed by atoms with Gasteiger partial charge in [0.05, 0.1) is 5.70 Å². The lowest BCUT2D eigenvalue weighted by Gasteiger charge is -2.02. The number of hydrogen-bond acceptors (Lipinski definition) is 2. The largest absolute Gasteiger partial charge is 0.396 e. The minimum atomic E-state index is -0.0967. The van der Waals surface area contributed by atoms with E-state index in [1.807, 2.05) is 32.0 Å². The van der Waals surface area contributed by atoms with Gasteiger partial charge in [-0.15, -0.1) is 0 Å². The molecule has 13 heavy (non-hydrogen) atoms. The van der Waals surface area contributed by atoms with E-state index in [9.17, 15) is 4.79 Å². The van der Waals surface area contributed by atoms with Crippen LogP contribution in [0, 0.1) is 0 Å². The zero-order valence-electron chi connectivity index (χ0n) is 7.87. The number of allylic oxidation sites excluding steroid dienone is 2. The highest BCUT2D eigenvalue weighted by molar-refractivity contribution is 6.08. The molecule has 1 aromatic carbocycles. The molecule has 1 aromatic rings. The maximum Gasteiger partial charge on any atom is 0.208 e. The molecule has 0 atom stereocenters. The first-order valence-corrected chi connectivity index (χ1v) is 4.15. The standard InChI is InChI=1S/C11H13NO/c1-8(2)10(12)11(13)9-6-4-3-5-7-9/h3-7H,12H2,1-2H3. The lowest BCUT2D eigenvalue weighted by molar-refractivity contribution is 0.103. The van der Waals surface area contributed by atoms with Crippen molar-refractivity contribution in [1.29, 1.82) is 0 Å². The Balaban J connectivity index is 3.00. The third-order valence-electron chi connectivity index (χ3n) is 1.82. The number of Topliss-reactive ketones (excluding diaryl/α,β-unsaturated/α-hetero) is 1. The number of carbonyl (C=O) groups excluding carboxylic acids is 1. The van der Waals surface area contributed by atoms with E-state index in [0.717, 1.165) is 5.57 Å². The molecule has 0 aliphatic carbocycles. The van der Waals surface area contributed by atoms with E-state index in [1.165, 1.54) is 0 Å². The molecule has 0 bridgehead atoms. The van der Waals surface area contributed by atoms with Crippen molar-refractivity contribution in [2.45, 2.75) is 13.8 Å². The Labute approximate surface area is 78.1 Å². The summed E-state index contributed by atoms with van der Waals surface area (Å²) in [6.45, 7) is 3.66. The number of benzene rings is 1. The maximum atomic E-state index is 11.6. The normalized spacial score (nSPS) is 9.38. The van der Waals surface area contributed by atoms with E-state index in [1.54, 1.807) is 12.1 Å². The Morgan fingerprint density at radius 1 is 1.15 bits per heavy atom. The highest BCUT2D eigenvalue weighted by atomic mass is 16.1. The van der Waals surface area contributed by atoms with Crippen molar-refractivity contribution < 1.29 is 4.79 Å². The third-order valence-corrected chi connectivity index (χ3v) is 1.82. The van der Waals surface area contributed by atoms with Gasteiger partial charge in [0, 0.05) is 5.56 Å². The van der Waals surface area contributed by atoms with Crippen molar-refractivity contribution in [2.75, 3.05) is 0 Å². The van der Waals surface area contributed by atoms with Gasteiger partial charge in [0.2, 0.25) is 5.78 Å². The molecule has 2 nitrogen and oxygen atoms in total. The van der Waals surface area contributed by atoms with Crippen molar-refractivity contribution in [2.24, 2.45) is 5.73 Å². The molecule has 0 aliphatic rings. The first-order valence-electron chi connectivity index (χ1n) is 4.15. The highest BCUT2D eigenvalue weighted by Gasteiger charge is 2.08. The summed E-state index contributed by atoms with van der Waals surface area (Å²) in [5.74, 6) is -0.0967. The summed E-state index contributed by atoms with van der Waals surface area (Å²) in [7, 11) is 0. The molecular formula is C11H13NO. The number of ketones is 1. The van der Waals surface area contributed by atoms with Crippen molar-refractivity contribution >= 4 is 5.78 Å². The Morgan fingerprint density at radius 2 is 1.69 bits per heavy atom. The number of nitrogens with two attached hydrogens (primary N) is 1. The molecule has 0 heterocycles. The van der Waals surface area contributed by atoms with Gasteiger partial charge in [-0.3, -0.25) is 4.79 Å². The molecule has 0 spiro atoms. The number of carbonyl (C=O) groups is 1. The van der Waals surface area contributed by atoms with Gasteiger partial charge in [0.1, 0.15) is 0 Å². The van der Waals surface area contributed by atoms with Crippen molar-refractivity contribution in [3.05, 3.63) is 47.2 Å². The fourth-order valence-corrected chi connectivity index (χ4v) is 0.972. The second kappa shape index (κ2) is 3.90. The van der Waals surface area contributed by atoms with Gasteiger partial charge in [0.25, 0.3) is 0 Å². The van der Waals surface area contributed by atoms with E-state index >= 15 is 0 Å². The Bertz CT molecular complexity index is 334. The van der Waals surface area contributed by atoms with Gasteiger partial charge < -0.3 is 5.73 Å². The van der Waals surface area contributed by atoms with Crippen molar-refractivity contribution in [1.82, 2.24) is 0 Å². The third kappa shape index (κ3) is 2.18. The fraction of sp³-hybridized carbons (Fsp3) is 0.182. The van der Waals surface area contributed by atoms with Crippen molar-refractivity contribution in [3.8, 4) is 0 Å². The molecule has 0 saturated carbocycles. The molecule has 0 unspecified atom stereocenters. The zero-order valence-corrected chi connectivity index (χ0v) is 7.87. The first-order chi connectivity index (χ1) is 6.13. The minimum absolute atomic E-state index is 0.0967. The lowest BCUT2D eigenvalue weighted by Crippen LogP contribution is -2.12. The predicted octanol–water partition coefficient (Wildman–Crippen LogP) is 2.12. The van der Waals surface area contributed by atoms with Crippen LogP contribution in [0.5, 0.6) is 0 Å². The molecule has 0 aromatic heterocycles. The molecule has 2 heteroatoms. The highest BCUT2D eigenvalue weighted by Crippen LogP contribution is 2.07.